The van der Waals surface area contributed by atoms with E-state index in [9.17, 15) is 10.1 Å². The van der Waals surface area contributed by atoms with Crippen LogP contribution in [0, 0.1) is 10.1 Å². The van der Waals surface area contributed by atoms with Crippen molar-refractivity contribution < 1.29 is 14.7 Å². The summed E-state index contributed by atoms with van der Waals surface area (Å²) in [6.45, 7) is 0.254. The first-order valence-electron chi connectivity index (χ1n) is 2.03. The van der Waals surface area contributed by atoms with Gasteiger partial charge in [-0.2, -0.15) is 0 Å². The van der Waals surface area contributed by atoms with Gasteiger partial charge in [0.05, 0.1) is 6.61 Å². The molecule has 0 aromatic rings. The van der Waals surface area contributed by atoms with Gasteiger partial charge < -0.3 is 9.57 Å². The van der Waals surface area contributed by atoms with E-state index < -0.39 is 5.09 Å². The number of hydrogen-bond donors (Lipinski definition) is 0. The molecule has 0 unspecified atom stereocenters. The van der Waals surface area contributed by atoms with Crippen LogP contribution in [0.25, 0.3) is 0 Å². The molecular weight excluding hydrogens is 114 g/mol. The van der Waals surface area contributed by atoms with Gasteiger partial charge in [0, 0.05) is 7.11 Å². The molecule has 0 fully saturated rings. The Morgan fingerprint density at radius 3 is 2.62 bits per heavy atom. The van der Waals surface area contributed by atoms with Crippen LogP contribution in [0.4, 0.5) is 0 Å². The largest absolute Gasteiger partial charge is 0.383 e. The number of methoxy groups -OCH3 is 1. The Balaban J connectivity index is 2.82. The van der Waals surface area contributed by atoms with E-state index in [0.717, 1.165) is 0 Å². The van der Waals surface area contributed by atoms with Crippen molar-refractivity contribution in [2.24, 2.45) is 0 Å². The molecule has 8 heavy (non-hydrogen) atoms. The Bertz CT molecular complexity index is 73.7. The highest BCUT2D eigenvalue weighted by atomic mass is 17.0. The van der Waals surface area contributed by atoms with Crippen molar-refractivity contribution in [3.63, 3.8) is 0 Å². The van der Waals surface area contributed by atoms with Crippen LogP contribution in [-0.2, 0) is 9.57 Å². The van der Waals surface area contributed by atoms with Gasteiger partial charge in [-0.3, -0.25) is 0 Å². The van der Waals surface area contributed by atoms with Crippen molar-refractivity contribution in [1.82, 2.24) is 0 Å². The van der Waals surface area contributed by atoms with Crippen molar-refractivity contribution in [1.29, 1.82) is 0 Å². The maximum atomic E-state index is 9.40. The third kappa shape index (κ3) is 5.16. The maximum absolute atomic E-state index is 9.40. The fourth-order valence-electron chi connectivity index (χ4n) is 0.195. The summed E-state index contributed by atoms with van der Waals surface area (Å²) in [5.41, 5.74) is 0. The number of rotatable bonds is 4. The predicted molar refractivity (Wildman–Crippen MR) is 24.8 cm³/mol. The lowest BCUT2D eigenvalue weighted by Crippen LogP contribution is -2.06. The molecule has 0 heterocycles. The van der Waals surface area contributed by atoms with Crippen LogP contribution in [0.2, 0.25) is 0 Å². The van der Waals surface area contributed by atoms with Gasteiger partial charge in [0.25, 0.3) is 5.09 Å². The molecule has 5 nitrogen and oxygen atoms in total. The molecule has 0 aromatic carbocycles. The maximum Gasteiger partial charge on any atom is 0.294 e. The average Bonchev–Trinajstić information content (AvgIpc) is 1.66. The van der Waals surface area contributed by atoms with E-state index in [1.807, 2.05) is 0 Å². The van der Waals surface area contributed by atoms with Crippen LogP contribution < -0.4 is 0 Å². The fraction of sp³-hybridized carbons (Fsp3) is 1.00. The smallest absolute Gasteiger partial charge is 0.294 e. The van der Waals surface area contributed by atoms with Gasteiger partial charge in [-0.1, -0.05) is 0 Å². The van der Waals surface area contributed by atoms with Crippen molar-refractivity contribution >= 4 is 0 Å². The zero-order valence-corrected chi connectivity index (χ0v) is 4.49. The van der Waals surface area contributed by atoms with Gasteiger partial charge in [0.2, 0.25) is 0 Å². The third-order valence-corrected chi connectivity index (χ3v) is 0.484. The normalized spacial score (nSPS) is 8.62. The molecule has 0 saturated carbocycles. The van der Waals surface area contributed by atoms with Gasteiger partial charge in [0.15, 0.2) is 0 Å². The van der Waals surface area contributed by atoms with E-state index in [2.05, 4.69) is 9.57 Å². The molecule has 0 radical (unpaired) electrons. The van der Waals surface area contributed by atoms with E-state index in [1.54, 1.807) is 0 Å². The minimum atomic E-state index is -0.848. The van der Waals surface area contributed by atoms with Gasteiger partial charge in [-0.25, -0.2) is 0 Å². The summed E-state index contributed by atoms with van der Waals surface area (Å²) in [6.07, 6.45) is 0. The van der Waals surface area contributed by atoms with Crippen LogP contribution in [0.3, 0.4) is 0 Å². The molecular formula is C3H7NO4. The Morgan fingerprint density at radius 1 is 1.62 bits per heavy atom. The van der Waals surface area contributed by atoms with Crippen LogP contribution in [0.1, 0.15) is 0 Å². The zero-order valence-electron chi connectivity index (χ0n) is 4.49. The molecule has 0 aromatic heterocycles. The van der Waals surface area contributed by atoms with Crippen molar-refractivity contribution in [3.8, 4) is 0 Å². The third-order valence-electron chi connectivity index (χ3n) is 0.484. The SMILES string of the molecule is COCCO[N+](=O)[O-]. The summed E-state index contributed by atoms with van der Waals surface area (Å²) in [6, 6.07) is 0. The lowest BCUT2D eigenvalue weighted by atomic mass is 10.8. The second-order valence-corrected chi connectivity index (χ2v) is 1.05. The zero-order chi connectivity index (χ0) is 6.41. The molecule has 0 amide bonds. The van der Waals surface area contributed by atoms with Crippen molar-refractivity contribution in [2.45, 2.75) is 0 Å². The second kappa shape index (κ2) is 4.32. The molecule has 0 aliphatic rings. The minimum Gasteiger partial charge on any atom is -0.383 e. The van der Waals surface area contributed by atoms with Crippen molar-refractivity contribution in [3.05, 3.63) is 10.1 Å². The lowest BCUT2D eigenvalue weighted by Gasteiger charge is -1.93. The summed E-state index contributed by atoms with van der Waals surface area (Å²) in [5, 5.41) is 8.55. The van der Waals surface area contributed by atoms with E-state index >= 15 is 0 Å². The summed E-state index contributed by atoms with van der Waals surface area (Å²) >= 11 is 0. The molecule has 0 aliphatic carbocycles. The first-order chi connectivity index (χ1) is 3.77. The molecule has 5 heteroatoms. The van der Waals surface area contributed by atoms with E-state index in [1.165, 1.54) is 7.11 Å². The lowest BCUT2D eigenvalue weighted by molar-refractivity contribution is -0.758. The van der Waals surface area contributed by atoms with Gasteiger partial charge in [0.1, 0.15) is 6.61 Å². The molecule has 0 aliphatic heterocycles. The fourth-order valence-corrected chi connectivity index (χ4v) is 0.195. The molecule has 0 bridgehead atoms. The quantitative estimate of drug-likeness (QED) is 0.294. The van der Waals surface area contributed by atoms with E-state index in [4.69, 9.17) is 0 Å². The van der Waals surface area contributed by atoms with Crippen molar-refractivity contribution in [2.75, 3.05) is 20.3 Å². The van der Waals surface area contributed by atoms with Gasteiger partial charge in [-0.15, -0.1) is 10.1 Å². The molecule has 0 rings (SSSR count). The van der Waals surface area contributed by atoms with Gasteiger partial charge >= 0.3 is 0 Å². The standard InChI is InChI=1S/C3H7NO4/c1-7-2-3-8-4(5)6/h2-3H2,1H3. The Kier molecular flexibility index (Phi) is 3.87. The van der Waals surface area contributed by atoms with E-state index in [0.29, 0.717) is 0 Å². The Labute approximate surface area is 46.3 Å². The van der Waals surface area contributed by atoms with Crippen LogP contribution in [-0.4, -0.2) is 25.4 Å². The summed E-state index contributed by atoms with van der Waals surface area (Å²) in [5.74, 6) is 0. The molecule has 0 saturated heterocycles. The summed E-state index contributed by atoms with van der Waals surface area (Å²) in [4.78, 5) is 13.3. The first-order valence-corrected chi connectivity index (χ1v) is 2.03. The second-order valence-electron chi connectivity index (χ2n) is 1.05. The number of ether oxygens (including phenoxy) is 1. The summed E-state index contributed by atoms with van der Waals surface area (Å²) in [7, 11) is 1.45. The highest BCUT2D eigenvalue weighted by molar-refractivity contribution is 4.16. The Morgan fingerprint density at radius 2 is 2.25 bits per heavy atom. The molecule has 48 valence electrons. The molecule has 0 atom stereocenters. The monoisotopic (exact) mass is 121 g/mol. The van der Waals surface area contributed by atoms with E-state index in [-0.39, 0.29) is 13.2 Å². The first kappa shape index (κ1) is 7.16. The highest BCUT2D eigenvalue weighted by Crippen LogP contribution is 1.73. The summed E-state index contributed by atoms with van der Waals surface area (Å²) < 4.78 is 4.46. The topological polar surface area (TPSA) is 61.6 Å². The minimum absolute atomic E-state index is 0.00347. The Hall–Kier alpha value is -0.840. The number of nitrogens with zero attached hydrogens (tertiary/aromatic N) is 1. The van der Waals surface area contributed by atoms with Crippen LogP contribution >= 0.6 is 0 Å². The average molecular weight is 121 g/mol. The highest BCUT2D eigenvalue weighted by Gasteiger charge is 1.90. The molecule has 0 spiro atoms. The van der Waals surface area contributed by atoms with Crippen LogP contribution in [0.5, 0.6) is 0 Å². The predicted octanol–water partition coefficient (Wildman–Crippen LogP) is -0.159. The van der Waals surface area contributed by atoms with Crippen LogP contribution in [0.15, 0.2) is 0 Å². The number of hydrogen-bond acceptors (Lipinski definition) is 4. The van der Waals surface area contributed by atoms with Gasteiger partial charge in [-0.05, 0) is 0 Å². The molecule has 0 N–H and O–H groups in total.